The molecule has 0 fully saturated rings. The number of carbonyl (C=O) groups is 1. The van der Waals surface area contributed by atoms with Crippen LogP contribution in [0.25, 0.3) is 0 Å². The Bertz CT molecular complexity index is 445. The maximum absolute atomic E-state index is 12.2. The minimum atomic E-state index is -0.462. The lowest BCUT2D eigenvalue weighted by Crippen LogP contribution is -2.36. The zero-order valence-electron chi connectivity index (χ0n) is 13.7. The van der Waals surface area contributed by atoms with Crippen LogP contribution in [0.2, 0.25) is 0 Å². The van der Waals surface area contributed by atoms with Crippen molar-refractivity contribution in [3.63, 3.8) is 0 Å². The number of carbonyl (C=O) groups excluding carboxylic acids is 1. The van der Waals surface area contributed by atoms with Gasteiger partial charge >= 0.3 is 5.97 Å². The molecule has 118 valence electrons. The minimum absolute atomic E-state index is 0.101. The van der Waals surface area contributed by atoms with E-state index < -0.39 is 6.04 Å². The molecule has 0 radical (unpaired) electrons. The lowest BCUT2D eigenvalue weighted by atomic mass is 10.0. The number of hydrogen-bond acceptors (Lipinski definition) is 4. The molecule has 0 saturated heterocycles. The van der Waals surface area contributed by atoms with Crippen LogP contribution in [0.15, 0.2) is 24.3 Å². The Morgan fingerprint density at radius 3 is 2.52 bits per heavy atom. The van der Waals surface area contributed by atoms with Crippen molar-refractivity contribution in [2.45, 2.75) is 59.2 Å². The Morgan fingerprint density at radius 2 is 1.95 bits per heavy atom. The largest absolute Gasteiger partial charge is 0.491 e. The number of rotatable bonds is 8. The lowest BCUT2D eigenvalue weighted by molar-refractivity contribution is -0.146. The summed E-state index contributed by atoms with van der Waals surface area (Å²) in [6, 6.07) is 7.39. The van der Waals surface area contributed by atoms with Crippen molar-refractivity contribution in [2.75, 3.05) is 6.61 Å². The molecule has 1 aromatic carbocycles. The zero-order valence-corrected chi connectivity index (χ0v) is 13.7. The van der Waals surface area contributed by atoms with Crippen molar-refractivity contribution < 1.29 is 14.3 Å². The maximum atomic E-state index is 12.2. The van der Waals surface area contributed by atoms with Gasteiger partial charge in [-0.15, -0.1) is 0 Å². The van der Waals surface area contributed by atoms with E-state index in [1.807, 2.05) is 45.0 Å². The summed E-state index contributed by atoms with van der Waals surface area (Å²) in [4.78, 5) is 12.2. The molecule has 21 heavy (non-hydrogen) atoms. The van der Waals surface area contributed by atoms with E-state index in [9.17, 15) is 4.79 Å². The molecule has 0 amide bonds. The molecule has 0 aliphatic carbocycles. The molecule has 0 spiro atoms. The van der Waals surface area contributed by atoms with Crippen molar-refractivity contribution in [1.29, 1.82) is 0 Å². The highest BCUT2D eigenvalue weighted by atomic mass is 16.5. The summed E-state index contributed by atoms with van der Waals surface area (Å²) in [6.07, 6.45) is 1.04. The van der Waals surface area contributed by atoms with Gasteiger partial charge in [-0.3, -0.25) is 5.32 Å². The van der Waals surface area contributed by atoms with Gasteiger partial charge in [0.15, 0.2) is 0 Å². The Hall–Kier alpha value is -1.55. The molecule has 2 atom stereocenters. The zero-order chi connectivity index (χ0) is 15.8. The number of hydrogen-bond donors (Lipinski definition) is 1. The Balaban J connectivity index is 2.98. The third-order valence-electron chi connectivity index (χ3n) is 3.15. The summed E-state index contributed by atoms with van der Waals surface area (Å²) >= 11 is 0. The molecular formula is C17H27NO3. The van der Waals surface area contributed by atoms with Crippen LogP contribution in [0.4, 0.5) is 0 Å². The first-order valence-corrected chi connectivity index (χ1v) is 7.67. The average Bonchev–Trinajstić information content (AvgIpc) is 2.44. The molecule has 0 saturated carbocycles. The van der Waals surface area contributed by atoms with E-state index in [0.717, 1.165) is 17.7 Å². The van der Waals surface area contributed by atoms with Crippen LogP contribution < -0.4 is 10.1 Å². The highest BCUT2D eigenvalue weighted by Gasteiger charge is 2.23. The fourth-order valence-corrected chi connectivity index (χ4v) is 1.97. The molecule has 2 unspecified atom stereocenters. The highest BCUT2D eigenvalue weighted by molar-refractivity contribution is 5.77. The van der Waals surface area contributed by atoms with Gasteiger partial charge in [0.1, 0.15) is 11.8 Å². The summed E-state index contributed by atoms with van der Waals surface area (Å²) in [5.74, 6) is 0.516. The van der Waals surface area contributed by atoms with E-state index in [2.05, 4.69) is 19.2 Å². The summed E-state index contributed by atoms with van der Waals surface area (Å²) in [5.41, 5.74) is 0.868. The van der Waals surface area contributed by atoms with Crippen LogP contribution in [-0.4, -0.2) is 24.7 Å². The molecule has 0 bridgehead atoms. The molecule has 4 nitrogen and oxygen atoms in total. The van der Waals surface area contributed by atoms with Crippen molar-refractivity contribution in [1.82, 2.24) is 5.32 Å². The smallest absolute Gasteiger partial charge is 0.327 e. The molecule has 4 heteroatoms. The van der Waals surface area contributed by atoms with Gasteiger partial charge in [0.25, 0.3) is 0 Å². The van der Waals surface area contributed by atoms with Gasteiger partial charge in [-0.2, -0.15) is 0 Å². The summed E-state index contributed by atoms with van der Waals surface area (Å²) in [6.45, 7) is 10.3. The summed E-state index contributed by atoms with van der Waals surface area (Å²) in [7, 11) is 0. The van der Waals surface area contributed by atoms with E-state index in [1.165, 1.54) is 0 Å². The van der Waals surface area contributed by atoms with Gasteiger partial charge in [-0.25, -0.2) is 4.79 Å². The number of nitrogens with one attached hydrogen (secondary N) is 1. The molecule has 1 N–H and O–H groups in total. The van der Waals surface area contributed by atoms with Gasteiger partial charge < -0.3 is 9.47 Å². The van der Waals surface area contributed by atoms with Crippen molar-refractivity contribution >= 4 is 5.97 Å². The standard InChI is InChI=1S/C17H27NO3/c1-6-13(5)18-16(17(19)20-7-2)14-9-8-10-15(11-14)21-12(3)4/h8-13,16,18H,6-7H2,1-5H3. The summed E-state index contributed by atoms with van der Waals surface area (Å²) < 4.78 is 10.9. The number of esters is 1. The van der Waals surface area contributed by atoms with Crippen LogP contribution in [0, 0.1) is 0 Å². The van der Waals surface area contributed by atoms with Crippen molar-refractivity contribution in [3.05, 3.63) is 29.8 Å². The van der Waals surface area contributed by atoms with E-state index in [1.54, 1.807) is 0 Å². The SMILES string of the molecule is CCOC(=O)C(NC(C)CC)c1cccc(OC(C)C)c1. The van der Waals surface area contributed by atoms with Gasteiger partial charge in [0.2, 0.25) is 0 Å². The number of ether oxygens (including phenoxy) is 2. The second kappa shape index (κ2) is 8.67. The third kappa shape index (κ3) is 5.76. The van der Waals surface area contributed by atoms with Gasteiger partial charge in [0.05, 0.1) is 12.7 Å². The predicted molar refractivity (Wildman–Crippen MR) is 84.5 cm³/mol. The first kappa shape index (κ1) is 17.5. The topological polar surface area (TPSA) is 47.6 Å². The molecule has 0 heterocycles. The molecule has 0 aromatic heterocycles. The predicted octanol–water partition coefficient (Wildman–Crippen LogP) is 3.47. The van der Waals surface area contributed by atoms with Crippen LogP contribution in [0.5, 0.6) is 5.75 Å². The fourth-order valence-electron chi connectivity index (χ4n) is 1.97. The van der Waals surface area contributed by atoms with Crippen LogP contribution in [0.1, 0.15) is 52.6 Å². The third-order valence-corrected chi connectivity index (χ3v) is 3.15. The quantitative estimate of drug-likeness (QED) is 0.746. The maximum Gasteiger partial charge on any atom is 0.327 e. The monoisotopic (exact) mass is 293 g/mol. The first-order chi connectivity index (χ1) is 9.97. The molecule has 0 aliphatic rings. The van der Waals surface area contributed by atoms with Gasteiger partial charge in [-0.05, 0) is 51.8 Å². The van der Waals surface area contributed by atoms with Crippen molar-refractivity contribution in [2.24, 2.45) is 0 Å². The van der Waals surface area contributed by atoms with Gasteiger partial charge in [0, 0.05) is 6.04 Å². The average molecular weight is 293 g/mol. The molecule has 0 aliphatic heterocycles. The Kier molecular flexibility index (Phi) is 7.23. The molecule has 1 aromatic rings. The van der Waals surface area contributed by atoms with E-state index in [4.69, 9.17) is 9.47 Å². The lowest BCUT2D eigenvalue weighted by Gasteiger charge is -2.22. The Labute approximate surface area is 127 Å². The molecular weight excluding hydrogens is 266 g/mol. The van der Waals surface area contributed by atoms with Gasteiger partial charge in [-0.1, -0.05) is 19.1 Å². The van der Waals surface area contributed by atoms with Crippen LogP contribution in [-0.2, 0) is 9.53 Å². The van der Waals surface area contributed by atoms with Crippen molar-refractivity contribution in [3.8, 4) is 5.75 Å². The highest BCUT2D eigenvalue weighted by Crippen LogP contribution is 2.22. The number of benzene rings is 1. The van der Waals surface area contributed by atoms with Crippen LogP contribution in [0.3, 0.4) is 0 Å². The first-order valence-electron chi connectivity index (χ1n) is 7.67. The normalized spacial score (nSPS) is 13.8. The van der Waals surface area contributed by atoms with E-state index >= 15 is 0 Å². The fraction of sp³-hybridized carbons (Fsp3) is 0.588. The summed E-state index contributed by atoms with van der Waals surface area (Å²) in [5, 5.41) is 3.32. The second-order valence-electron chi connectivity index (χ2n) is 5.40. The second-order valence-corrected chi connectivity index (χ2v) is 5.40. The minimum Gasteiger partial charge on any atom is -0.491 e. The van der Waals surface area contributed by atoms with E-state index in [-0.39, 0.29) is 18.1 Å². The van der Waals surface area contributed by atoms with E-state index in [0.29, 0.717) is 6.61 Å². The van der Waals surface area contributed by atoms with Crippen LogP contribution >= 0.6 is 0 Å². The Morgan fingerprint density at radius 1 is 1.24 bits per heavy atom. The molecule has 1 rings (SSSR count).